The molecule has 5 rings (SSSR count). The third-order valence-electron chi connectivity index (χ3n) is 6.83. The van der Waals surface area contributed by atoms with Crippen LogP contribution in [0.4, 0.5) is 14.7 Å². The molecule has 198 valence electrons. The van der Waals surface area contributed by atoms with Crippen LogP contribution in [0.3, 0.4) is 0 Å². The monoisotopic (exact) mass is 519 g/mol. The average Bonchev–Trinajstić information content (AvgIpc) is 2.94. The standard InChI is InChI=1S/C29H31F2N5O2/c1-18-9-11-21-19(10-12-25(37)27(30)31)5-2-7-22(21)26(18)38-28-23(8-4-15-33-28)24-13-16-34-29(36-24)35-20-6-3-14-32-17-20/h2,4-5,7-9,11,13,15-16,20,25,27,32,37H,3,6,10,12,14,17H2,1H3,(H,34,35,36)/t20-,25-/m0/s1. The predicted octanol–water partition coefficient (Wildman–Crippen LogP) is 5.52. The molecule has 1 aliphatic rings. The van der Waals surface area contributed by atoms with E-state index in [1.165, 1.54) is 0 Å². The molecule has 2 atom stereocenters. The van der Waals surface area contributed by atoms with E-state index in [1.54, 1.807) is 12.4 Å². The van der Waals surface area contributed by atoms with E-state index < -0.39 is 12.5 Å². The van der Waals surface area contributed by atoms with Crippen molar-refractivity contribution in [3.8, 4) is 22.9 Å². The molecule has 0 radical (unpaired) electrons. The summed E-state index contributed by atoms with van der Waals surface area (Å²) >= 11 is 0. The summed E-state index contributed by atoms with van der Waals surface area (Å²) in [6.45, 7) is 3.86. The SMILES string of the molecule is Cc1ccc2c(CC[C@H](O)C(F)F)cccc2c1Oc1ncccc1-c1ccnc(N[C@H]2CCCNC2)n1. The van der Waals surface area contributed by atoms with Crippen LogP contribution < -0.4 is 15.4 Å². The van der Waals surface area contributed by atoms with Gasteiger partial charge in [0.15, 0.2) is 0 Å². The molecule has 1 saturated heterocycles. The zero-order chi connectivity index (χ0) is 26.5. The Kier molecular flexibility index (Phi) is 8.05. The molecule has 2 aromatic carbocycles. The van der Waals surface area contributed by atoms with E-state index in [2.05, 4.69) is 20.6 Å². The number of aliphatic hydroxyl groups is 1. The molecular weight excluding hydrogens is 488 g/mol. The Bertz CT molecular complexity index is 1390. The third-order valence-corrected chi connectivity index (χ3v) is 6.83. The molecule has 1 aliphatic heterocycles. The molecule has 1 fully saturated rings. The van der Waals surface area contributed by atoms with Gasteiger partial charge < -0.3 is 20.5 Å². The van der Waals surface area contributed by atoms with Crippen LogP contribution in [0, 0.1) is 6.92 Å². The molecule has 0 spiro atoms. The van der Waals surface area contributed by atoms with Gasteiger partial charge in [0.2, 0.25) is 11.8 Å². The van der Waals surface area contributed by atoms with Gasteiger partial charge in [-0.2, -0.15) is 0 Å². The van der Waals surface area contributed by atoms with Crippen molar-refractivity contribution in [1.29, 1.82) is 0 Å². The number of halogens is 2. The van der Waals surface area contributed by atoms with Gasteiger partial charge in [-0.1, -0.05) is 30.3 Å². The van der Waals surface area contributed by atoms with E-state index in [-0.39, 0.29) is 12.5 Å². The number of aromatic nitrogens is 3. The minimum atomic E-state index is -2.76. The number of nitrogens with zero attached hydrogens (tertiary/aromatic N) is 3. The lowest BCUT2D eigenvalue weighted by Gasteiger charge is -2.23. The van der Waals surface area contributed by atoms with E-state index in [9.17, 15) is 13.9 Å². The second-order valence-corrected chi connectivity index (χ2v) is 9.58. The van der Waals surface area contributed by atoms with Crippen molar-refractivity contribution in [2.75, 3.05) is 18.4 Å². The molecule has 0 aliphatic carbocycles. The molecule has 3 N–H and O–H groups in total. The Balaban J connectivity index is 1.45. The number of nitrogens with one attached hydrogen (secondary N) is 2. The number of benzene rings is 2. The van der Waals surface area contributed by atoms with Crippen molar-refractivity contribution in [2.45, 2.75) is 51.2 Å². The summed E-state index contributed by atoms with van der Waals surface area (Å²) in [7, 11) is 0. The first kappa shape index (κ1) is 25.9. The van der Waals surface area contributed by atoms with Crippen LogP contribution >= 0.6 is 0 Å². The summed E-state index contributed by atoms with van der Waals surface area (Å²) < 4.78 is 32.1. The van der Waals surface area contributed by atoms with Gasteiger partial charge in [0, 0.05) is 30.4 Å². The molecule has 4 aromatic rings. The fraction of sp³-hybridized carbons (Fsp3) is 0.345. The smallest absolute Gasteiger partial charge is 0.264 e. The quantitative estimate of drug-likeness (QED) is 0.268. The molecule has 0 unspecified atom stereocenters. The van der Waals surface area contributed by atoms with E-state index in [4.69, 9.17) is 9.72 Å². The number of alkyl halides is 2. The highest BCUT2D eigenvalue weighted by molar-refractivity contribution is 5.92. The van der Waals surface area contributed by atoms with Crippen LogP contribution in [-0.4, -0.2) is 51.7 Å². The zero-order valence-corrected chi connectivity index (χ0v) is 21.2. The zero-order valence-electron chi connectivity index (χ0n) is 21.2. The van der Waals surface area contributed by atoms with Gasteiger partial charge in [-0.3, -0.25) is 0 Å². The van der Waals surface area contributed by atoms with E-state index in [0.29, 0.717) is 29.7 Å². The van der Waals surface area contributed by atoms with Crippen molar-refractivity contribution >= 4 is 16.7 Å². The number of rotatable bonds is 9. The number of hydrogen-bond acceptors (Lipinski definition) is 7. The van der Waals surface area contributed by atoms with Crippen LogP contribution in [0.25, 0.3) is 22.0 Å². The lowest BCUT2D eigenvalue weighted by Crippen LogP contribution is -2.38. The largest absolute Gasteiger partial charge is 0.437 e. The Morgan fingerprint density at radius 3 is 2.79 bits per heavy atom. The van der Waals surface area contributed by atoms with Gasteiger partial charge in [0.05, 0.1) is 11.3 Å². The van der Waals surface area contributed by atoms with E-state index >= 15 is 0 Å². The maximum absolute atomic E-state index is 12.8. The summed E-state index contributed by atoms with van der Waals surface area (Å²) in [5.41, 5.74) is 3.20. The lowest BCUT2D eigenvalue weighted by atomic mass is 9.97. The number of fused-ring (bicyclic) bond motifs is 1. The number of aryl methyl sites for hydroxylation is 2. The summed E-state index contributed by atoms with van der Waals surface area (Å²) in [5.74, 6) is 1.60. The van der Waals surface area contributed by atoms with Crippen molar-refractivity contribution < 1.29 is 18.6 Å². The second-order valence-electron chi connectivity index (χ2n) is 9.58. The Morgan fingerprint density at radius 2 is 1.97 bits per heavy atom. The summed E-state index contributed by atoms with van der Waals surface area (Å²) in [6, 6.07) is 15.5. The minimum Gasteiger partial charge on any atom is -0.437 e. The van der Waals surface area contributed by atoms with Crippen LogP contribution in [-0.2, 0) is 6.42 Å². The van der Waals surface area contributed by atoms with Gasteiger partial charge in [0.25, 0.3) is 6.43 Å². The fourth-order valence-corrected chi connectivity index (χ4v) is 4.79. The van der Waals surface area contributed by atoms with Crippen molar-refractivity contribution in [3.05, 3.63) is 72.1 Å². The molecule has 7 nitrogen and oxygen atoms in total. The molecule has 9 heteroatoms. The molecule has 2 aromatic heterocycles. The number of hydrogen-bond donors (Lipinski definition) is 3. The van der Waals surface area contributed by atoms with Crippen LogP contribution in [0.2, 0.25) is 0 Å². The Labute approximate surface area is 220 Å². The first-order valence-electron chi connectivity index (χ1n) is 12.9. The van der Waals surface area contributed by atoms with Gasteiger partial charge in [-0.15, -0.1) is 0 Å². The van der Waals surface area contributed by atoms with Crippen molar-refractivity contribution in [3.63, 3.8) is 0 Å². The predicted molar refractivity (Wildman–Crippen MR) is 144 cm³/mol. The highest BCUT2D eigenvalue weighted by atomic mass is 19.3. The number of aliphatic hydroxyl groups excluding tert-OH is 1. The third kappa shape index (κ3) is 5.89. The van der Waals surface area contributed by atoms with Gasteiger partial charge in [-0.05, 0) is 73.9 Å². The maximum atomic E-state index is 12.8. The molecule has 0 amide bonds. The Hall–Kier alpha value is -3.69. The van der Waals surface area contributed by atoms with Gasteiger partial charge in [-0.25, -0.2) is 23.7 Å². The number of anilines is 1. The van der Waals surface area contributed by atoms with E-state index in [1.807, 2.05) is 55.5 Å². The molecule has 38 heavy (non-hydrogen) atoms. The van der Waals surface area contributed by atoms with Crippen LogP contribution in [0.1, 0.15) is 30.4 Å². The first-order valence-corrected chi connectivity index (χ1v) is 12.9. The molecule has 0 bridgehead atoms. The summed E-state index contributed by atoms with van der Waals surface area (Å²) in [5, 5.41) is 18.1. The Morgan fingerprint density at radius 1 is 1.08 bits per heavy atom. The van der Waals surface area contributed by atoms with E-state index in [0.717, 1.165) is 53.4 Å². The second kappa shape index (κ2) is 11.8. The highest BCUT2D eigenvalue weighted by Gasteiger charge is 2.19. The summed E-state index contributed by atoms with van der Waals surface area (Å²) in [4.78, 5) is 13.7. The lowest BCUT2D eigenvalue weighted by molar-refractivity contribution is -0.00845. The topological polar surface area (TPSA) is 92.2 Å². The normalized spacial score (nSPS) is 16.5. The van der Waals surface area contributed by atoms with Crippen LogP contribution in [0.15, 0.2) is 60.9 Å². The van der Waals surface area contributed by atoms with Crippen LogP contribution in [0.5, 0.6) is 11.6 Å². The summed E-state index contributed by atoms with van der Waals surface area (Å²) in [6.07, 6.45) is 1.46. The number of ether oxygens (including phenoxy) is 1. The molecule has 0 saturated carbocycles. The van der Waals surface area contributed by atoms with Crippen molar-refractivity contribution in [1.82, 2.24) is 20.3 Å². The first-order chi connectivity index (χ1) is 18.5. The highest BCUT2D eigenvalue weighted by Crippen LogP contribution is 2.37. The fourth-order valence-electron chi connectivity index (χ4n) is 4.79. The number of pyridine rings is 1. The minimum absolute atomic E-state index is 0.0216. The van der Waals surface area contributed by atoms with Gasteiger partial charge in [0.1, 0.15) is 11.9 Å². The average molecular weight is 520 g/mol. The molecule has 3 heterocycles. The van der Waals surface area contributed by atoms with Gasteiger partial charge >= 0.3 is 0 Å². The maximum Gasteiger partial charge on any atom is 0.264 e. The molecular formula is C29H31F2N5O2. The van der Waals surface area contributed by atoms with Crippen molar-refractivity contribution in [2.24, 2.45) is 0 Å². The number of piperidine rings is 1.